The van der Waals surface area contributed by atoms with Gasteiger partial charge in [0.05, 0.1) is 36.2 Å². The highest BCUT2D eigenvalue weighted by molar-refractivity contribution is 6.13. The molecule has 2 heterocycles. The molecule has 0 bridgehead atoms. The van der Waals surface area contributed by atoms with Gasteiger partial charge < -0.3 is 33.9 Å². The van der Waals surface area contributed by atoms with Crippen molar-refractivity contribution >= 4 is 50.6 Å². The molecule has 6 aromatic rings. The maximum Gasteiger partial charge on any atom is 0.258 e. The van der Waals surface area contributed by atoms with Gasteiger partial charge in [0.25, 0.3) is 22.3 Å². The predicted octanol–water partition coefficient (Wildman–Crippen LogP) is 8.74. The van der Waals surface area contributed by atoms with Crippen molar-refractivity contribution in [2.45, 2.75) is 64.5 Å². The number of anilines is 2. The molecule has 1 fully saturated rings. The van der Waals surface area contributed by atoms with Crippen LogP contribution in [0.15, 0.2) is 115 Å². The molecule has 5 aromatic carbocycles. The number of rotatable bonds is 16. The van der Waals surface area contributed by atoms with E-state index < -0.39 is 17.0 Å². The second kappa shape index (κ2) is 20.3. The van der Waals surface area contributed by atoms with E-state index in [-0.39, 0.29) is 11.8 Å². The maximum absolute atomic E-state index is 14.4. The van der Waals surface area contributed by atoms with Gasteiger partial charge in [-0.2, -0.15) is 0 Å². The van der Waals surface area contributed by atoms with Crippen LogP contribution < -0.4 is 19.7 Å². The third-order valence-electron chi connectivity index (χ3n) is 12.0. The van der Waals surface area contributed by atoms with Crippen LogP contribution in [0.4, 0.5) is 11.4 Å². The molecule has 1 aliphatic rings. The summed E-state index contributed by atoms with van der Waals surface area (Å²) in [6.07, 6.45) is 3.00. The Kier molecular flexibility index (Phi) is 14.6. The van der Waals surface area contributed by atoms with Crippen molar-refractivity contribution < 1.29 is 28.3 Å². The molecule has 7 rings (SSSR count). The monoisotopic (exact) mass is 891 g/mol. The third kappa shape index (κ3) is 10.0. The van der Waals surface area contributed by atoms with Crippen LogP contribution >= 0.6 is 0 Å². The number of amides is 3. The summed E-state index contributed by atoms with van der Waals surface area (Å²) in [4.78, 5) is 52.1. The number of aryl methyl sites for hydroxylation is 1. The van der Waals surface area contributed by atoms with Gasteiger partial charge in [-0.25, -0.2) is 4.98 Å². The molecule has 3 radical (unpaired) electrons. The van der Waals surface area contributed by atoms with Gasteiger partial charge in [0.1, 0.15) is 22.8 Å². The lowest BCUT2D eigenvalue weighted by molar-refractivity contribution is -0.132. The number of carbonyl (C=O) groups excluding carboxylic acids is 3. The number of fused-ring (bicyclic) bond motifs is 1. The van der Waals surface area contributed by atoms with Gasteiger partial charge in [-0.15, -0.1) is 0 Å². The molecule has 13 heteroatoms. The molecule has 1 aliphatic heterocycles. The zero-order valence-corrected chi connectivity index (χ0v) is 39.5. The summed E-state index contributed by atoms with van der Waals surface area (Å²) in [5.41, 5.74) is 3.94. The number of hydrogen-bond donors (Lipinski definition) is 1. The predicted molar refractivity (Wildman–Crippen MR) is 257 cm³/mol. The number of benzene rings is 5. The fraction of sp³-hybridized carbons (Fsp3) is 0.346. The smallest absolute Gasteiger partial charge is 0.258 e. The fourth-order valence-corrected chi connectivity index (χ4v) is 8.73. The summed E-state index contributed by atoms with van der Waals surface area (Å²) in [6.45, 7) is 12.1. The Morgan fingerprint density at radius 1 is 0.800 bits per heavy atom. The van der Waals surface area contributed by atoms with Crippen molar-refractivity contribution in [1.29, 1.82) is 0 Å². The van der Waals surface area contributed by atoms with E-state index in [1.807, 2.05) is 103 Å². The maximum atomic E-state index is 14.4. The van der Waals surface area contributed by atoms with Gasteiger partial charge in [0.15, 0.2) is 5.72 Å². The lowest BCUT2D eigenvalue weighted by Gasteiger charge is -2.39. The van der Waals surface area contributed by atoms with Crippen molar-refractivity contribution in [3.05, 3.63) is 149 Å². The summed E-state index contributed by atoms with van der Waals surface area (Å²) < 4.78 is 20.5. The largest absolute Gasteiger partial charge is 0.495 e. The molecule has 0 saturated carbocycles. The number of nitrogens with one attached hydrogen (secondary N) is 1. The van der Waals surface area contributed by atoms with Gasteiger partial charge in [-0.1, -0.05) is 93.6 Å². The number of likely N-dealkylation sites (N-methyl/N-ethyl adjacent to an activating group) is 1. The number of nitrogens with zero attached hydrogens (tertiary/aromatic N) is 5. The Balaban J connectivity index is 1.09. The van der Waals surface area contributed by atoms with Crippen LogP contribution in [0.2, 0.25) is 0 Å². The minimum Gasteiger partial charge on any atom is -0.495 e. The minimum atomic E-state index is -1.21. The second-order valence-corrected chi connectivity index (χ2v) is 17.9. The molecule has 1 N–H and O–H groups in total. The van der Waals surface area contributed by atoms with Crippen LogP contribution in [-0.2, 0) is 20.4 Å². The molecule has 12 nitrogen and oxygen atoms in total. The number of imidazole rings is 1. The van der Waals surface area contributed by atoms with E-state index in [1.165, 1.54) is 7.11 Å². The molecule has 0 atom stereocenters. The Bertz CT molecular complexity index is 2580. The Hall–Kier alpha value is -6.28. The number of ether oxygens (including phenoxy) is 2. The van der Waals surface area contributed by atoms with E-state index >= 15 is 0 Å². The van der Waals surface area contributed by atoms with Crippen LogP contribution in [-0.4, -0.2) is 102 Å². The number of aromatic nitrogens is 2. The summed E-state index contributed by atoms with van der Waals surface area (Å²) in [6, 6.07) is 36.1. The first-order valence-corrected chi connectivity index (χ1v) is 22.6. The van der Waals surface area contributed by atoms with E-state index in [1.54, 1.807) is 36.2 Å². The number of para-hydroxylation sites is 1. The molecular formula is C52H59N6O6Si. The molecule has 0 unspecified atom stereocenters. The highest BCUT2D eigenvalue weighted by Crippen LogP contribution is 2.42. The summed E-state index contributed by atoms with van der Waals surface area (Å²) in [7, 11) is 8.81. The Morgan fingerprint density at radius 2 is 1.48 bits per heavy atom. The number of carbonyl (C=O) groups is 3. The first-order valence-electron chi connectivity index (χ1n) is 22.2. The van der Waals surface area contributed by atoms with Crippen molar-refractivity contribution in [1.82, 2.24) is 19.4 Å². The number of unbranched alkanes of at least 4 members (excludes halogenated alkanes) is 2. The zero-order chi connectivity index (χ0) is 46.3. The Labute approximate surface area is 386 Å². The van der Waals surface area contributed by atoms with Crippen LogP contribution in [0.25, 0.3) is 11.0 Å². The number of hydrogen-bond acceptors (Lipinski definition) is 8. The standard InChI is InChI=1S/C52H59N6O6Si/c1-36-25-28-42(45(34-36)63-33-16-10-15-24-46(59)57-31-29-55(5)30-32-57)56(6)49(61)37-26-27-41(44(35-37)62-7)53-48(60)40-22-17-23-43-47(40)54-50(51(2,3)4)58(43)52(64-65,38-18-11-8-12-19-38)39-20-13-9-14-21-39/h8-9,11-14,17-23,25-28,34-35H,10,15-16,24,29-33H2,1-7H3,(H,53,60). The van der Waals surface area contributed by atoms with Crippen LogP contribution in [0.5, 0.6) is 11.5 Å². The molecule has 0 aliphatic carbocycles. The highest BCUT2D eigenvalue weighted by Gasteiger charge is 2.42. The van der Waals surface area contributed by atoms with Crippen LogP contribution in [0, 0.1) is 6.92 Å². The average molecular weight is 892 g/mol. The first kappa shape index (κ1) is 46.7. The van der Waals surface area contributed by atoms with Crippen molar-refractivity contribution in [3.63, 3.8) is 0 Å². The fourth-order valence-electron chi connectivity index (χ4n) is 8.41. The molecule has 3 amide bonds. The van der Waals surface area contributed by atoms with Gasteiger partial charge in [-0.05, 0) is 81.3 Å². The molecular weight excluding hydrogens is 833 g/mol. The molecule has 337 valence electrons. The number of methoxy groups -OCH3 is 1. The van der Waals surface area contributed by atoms with E-state index in [4.69, 9.17) is 18.9 Å². The lowest BCUT2D eigenvalue weighted by Crippen LogP contribution is -2.47. The third-order valence-corrected chi connectivity index (χ3v) is 12.3. The van der Waals surface area contributed by atoms with E-state index in [0.717, 1.165) is 62.1 Å². The second-order valence-electron chi connectivity index (χ2n) is 17.7. The summed E-state index contributed by atoms with van der Waals surface area (Å²) in [5, 5.41) is 3.04. The number of piperazine rings is 1. The van der Waals surface area contributed by atoms with Crippen LogP contribution in [0.3, 0.4) is 0 Å². The van der Waals surface area contributed by atoms with Gasteiger partial charge in [0.2, 0.25) is 5.91 Å². The van der Waals surface area contributed by atoms with Gasteiger partial charge in [0, 0.05) is 61.8 Å². The van der Waals surface area contributed by atoms with Crippen LogP contribution in [0.1, 0.15) is 89.7 Å². The quantitative estimate of drug-likeness (QED) is 0.0758. The normalized spacial score (nSPS) is 13.4. The molecule has 65 heavy (non-hydrogen) atoms. The van der Waals surface area contributed by atoms with Crippen molar-refractivity contribution in [2.24, 2.45) is 0 Å². The minimum absolute atomic E-state index is 0.221. The summed E-state index contributed by atoms with van der Waals surface area (Å²) >= 11 is 0. The van der Waals surface area contributed by atoms with Crippen molar-refractivity contribution in [2.75, 3.05) is 64.2 Å². The van der Waals surface area contributed by atoms with Gasteiger partial charge >= 0.3 is 0 Å². The highest BCUT2D eigenvalue weighted by atomic mass is 28.2. The van der Waals surface area contributed by atoms with Crippen molar-refractivity contribution in [3.8, 4) is 11.5 Å². The first-order chi connectivity index (χ1) is 31.3. The van der Waals surface area contributed by atoms with E-state index in [9.17, 15) is 14.4 Å². The van der Waals surface area contributed by atoms with E-state index in [0.29, 0.717) is 63.9 Å². The SMILES string of the molecule is COc1cc(C(=O)N(C)c2ccc(C)cc2OCCCCCC(=O)N2CCN(C)CC2)ccc1NC(=O)c1cccc2c1nc(C(C)(C)C)n2C(O[Si])(c1ccccc1)c1ccccc1. The van der Waals surface area contributed by atoms with Gasteiger partial charge in [-0.3, -0.25) is 19.0 Å². The topological polar surface area (TPSA) is 118 Å². The Morgan fingerprint density at radius 3 is 2.11 bits per heavy atom. The molecule has 0 spiro atoms. The lowest BCUT2D eigenvalue weighted by atomic mass is 9.90. The molecule has 1 saturated heterocycles. The van der Waals surface area contributed by atoms with E-state index in [2.05, 4.69) is 53.1 Å². The summed E-state index contributed by atoms with van der Waals surface area (Å²) in [5.74, 6) is 1.16. The molecule has 1 aromatic heterocycles. The zero-order valence-electron chi connectivity index (χ0n) is 38.5. The average Bonchev–Trinajstić information content (AvgIpc) is 3.72.